The van der Waals surface area contributed by atoms with Gasteiger partial charge in [0.25, 0.3) is 5.91 Å². The number of carbonyl (C=O) groups excluding carboxylic acids is 3. The van der Waals surface area contributed by atoms with Crippen molar-refractivity contribution in [1.29, 1.82) is 0 Å². The Bertz CT molecular complexity index is 1400. The average molecular weight is 591 g/mol. The number of benzene rings is 2. The number of piperidine rings is 1. The van der Waals surface area contributed by atoms with Crippen molar-refractivity contribution in [1.82, 2.24) is 26.2 Å². The van der Waals surface area contributed by atoms with Gasteiger partial charge >= 0.3 is 6.03 Å². The SMILES string of the molecule is Cc1cc(Oc2ccccc2)ccc1N1C(=O)NC2=C(C(=O)N[C@H]3CCC[C@H]3NC(=O)CN(C)C)SC3NCCC1C23. The number of para-hydroxylation sites is 1. The maximum atomic E-state index is 13.7. The number of rotatable bonds is 8. The minimum Gasteiger partial charge on any atom is -0.457 e. The lowest BCUT2D eigenvalue weighted by Gasteiger charge is -2.46. The van der Waals surface area contributed by atoms with E-state index in [9.17, 15) is 14.4 Å². The molecule has 0 radical (unpaired) electrons. The van der Waals surface area contributed by atoms with Crippen LogP contribution in [0.2, 0.25) is 0 Å². The molecule has 0 aromatic heterocycles. The third-order valence-electron chi connectivity index (χ3n) is 8.39. The van der Waals surface area contributed by atoms with Crippen molar-refractivity contribution in [3.05, 3.63) is 64.7 Å². The highest BCUT2D eigenvalue weighted by Crippen LogP contribution is 2.48. The molecule has 11 heteroatoms. The van der Waals surface area contributed by atoms with Crippen LogP contribution in [-0.4, -0.2) is 73.4 Å². The number of hydrogen-bond donors (Lipinski definition) is 4. The molecule has 2 aromatic carbocycles. The van der Waals surface area contributed by atoms with Crippen molar-refractivity contribution in [2.45, 2.75) is 56.1 Å². The molecule has 4 aliphatic rings. The second kappa shape index (κ2) is 12.0. The highest BCUT2D eigenvalue weighted by atomic mass is 32.2. The lowest BCUT2D eigenvalue weighted by molar-refractivity contribution is -0.123. The van der Waals surface area contributed by atoms with Crippen LogP contribution in [0.15, 0.2) is 59.1 Å². The highest BCUT2D eigenvalue weighted by molar-refractivity contribution is 8.04. The van der Waals surface area contributed by atoms with Crippen molar-refractivity contribution in [2.75, 3.05) is 32.1 Å². The molecule has 6 rings (SSSR count). The summed E-state index contributed by atoms with van der Waals surface area (Å²) >= 11 is 1.49. The monoisotopic (exact) mass is 590 g/mol. The standard InChI is InChI=1S/C31H38N6O4S/c1-18-16-20(41-19-8-5-4-6-9-19)12-13-23(18)37-24-14-15-32-30-26(24)27(35-31(37)40)28(42-30)29(39)34-22-11-7-10-21(22)33-25(38)17-36(2)3/h4-6,8-9,12-13,16,21-22,24,26,30,32H,7,10-11,14-15,17H2,1-3H3,(H,33,38)(H,34,39)(H,35,40)/t21-,22+,24?,26?,30?/m1/s1. The van der Waals surface area contributed by atoms with E-state index in [2.05, 4.69) is 21.3 Å². The Morgan fingerprint density at radius 1 is 1.05 bits per heavy atom. The predicted octanol–water partition coefficient (Wildman–Crippen LogP) is 3.29. The number of aryl methyl sites for hydroxylation is 1. The van der Waals surface area contributed by atoms with Crippen molar-refractivity contribution in [3.8, 4) is 11.5 Å². The Labute approximate surface area is 250 Å². The molecule has 1 aliphatic carbocycles. The van der Waals surface area contributed by atoms with E-state index >= 15 is 0 Å². The van der Waals surface area contributed by atoms with Crippen LogP contribution in [0, 0.1) is 12.8 Å². The number of ether oxygens (including phenoxy) is 1. The van der Waals surface area contributed by atoms with Gasteiger partial charge in [-0.15, -0.1) is 0 Å². The number of likely N-dealkylation sites (N-methyl/N-ethyl adjacent to an activating group) is 1. The van der Waals surface area contributed by atoms with Gasteiger partial charge in [0.05, 0.1) is 22.9 Å². The van der Waals surface area contributed by atoms with E-state index in [1.807, 2.05) is 79.3 Å². The summed E-state index contributed by atoms with van der Waals surface area (Å²) in [4.78, 5) is 43.9. The van der Waals surface area contributed by atoms with Gasteiger partial charge in [0.1, 0.15) is 11.5 Å². The van der Waals surface area contributed by atoms with Crippen LogP contribution in [0.5, 0.6) is 11.5 Å². The minimum atomic E-state index is -0.228. The Morgan fingerprint density at radius 3 is 2.55 bits per heavy atom. The van der Waals surface area contributed by atoms with Gasteiger partial charge in [-0.25, -0.2) is 4.79 Å². The number of carbonyl (C=O) groups is 3. The lowest BCUT2D eigenvalue weighted by Crippen LogP contribution is -2.62. The first-order valence-corrected chi connectivity index (χ1v) is 15.5. The number of urea groups is 1. The summed E-state index contributed by atoms with van der Waals surface area (Å²) in [7, 11) is 3.71. The molecule has 5 atom stereocenters. The van der Waals surface area contributed by atoms with E-state index in [0.29, 0.717) is 22.9 Å². The van der Waals surface area contributed by atoms with Crippen molar-refractivity contribution < 1.29 is 19.1 Å². The second-order valence-corrected chi connectivity index (χ2v) is 12.9. The third kappa shape index (κ3) is 5.73. The number of nitrogens with one attached hydrogen (secondary N) is 4. The van der Waals surface area contributed by atoms with Crippen molar-refractivity contribution in [3.63, 3.8) is 0 Å². The molecule has 0 bridgehead atoms. The van der Waals surface area contributed by atoms with E-state index < -0.39 is 0 Å². The van der Waals surface area contributed by atoms with Crippen LogP contribution in [0.25, 0.3) is 0 Å². The smallest absolute Gasteiger partial charge is 0.326 e. The number of thioether (sulfide) groups is 1. The molecule has 42 heavy (non-hydrogen) atoms. The first-order chi connectivity index (χ1) is 20.3. The first kappa shape index (κ1) is 28.6. The molecule has 3 unspecified atom stereocenters. The average Bonchev–Trinajstić information content (AvgIpc) is 3.54. The van der Waals surface area contributed by atoms with Crippen LogP contribution in [-0.2, 0) is 9.59 Å². The number of nitrogens with zero attached hydrogens (tertiary/aromatic N) is 2. The topological polar surface area (TPSA) is 115 Å². The molecule has 3 aliphatic heterocycles. The molecule has 3 fully saturated rings. The van der Waals surface area contributed by atoms with Crippen LogP contribution in [0.3, 0.4) is 0 Å². The Hall–Kier alpha value is -3.54. The maximum Gasteiger partial charge on any atom is 0.326 e. The van der Waals surface area contributed by atoms with Crippen LogP contribution in [0.1, 0.15) is 31.2 Å². The predicted molar refractivity (Wildman–Crippen MR) is 163 cm³/mol. The Balaban J connectivity index is 1.19. The fourth-order valence-electron chi connectivity index (χ4n) is 6.57. The van der Waals surface area contributed by atoms with E-state index in [0.717, 1.165) is 49.2 Å². The summed E-state index contributed by atoms with van der Waals surface area (Å²) < 4.78 is 6.01. The fraction of sp³-hybridized carbons (Fsp3) is 0.452. The summed E-state index contributed by atoms with van der Waals surface area (Å²) in [6.45, 7) is 3.05. The molecule has 2 aromatic rings. The molecular formula is C31H38N6O4S. The van der Waals surface area contributed by atoms with E-state index in [1.54, 1.807) is 0 Å². The Morgan fingerprint density at radius 2 is 1.81 bits per heavy atom. The van der Waals surface area contributed by atoms with E-state index in [4.69, 9.17) is 4.74 Å². The highest BCUT2D eigenvalue weighted by Gasteiger charge is 2.52. The largest absolute Gasteiger partial charge is 0.457 e. The van der Waals surface area contributed by atoms with Gasteiger partial charge in [-0.05, 0) is 89.1 Å². The van der Waals surface area contributed by atoms with Crippen molar-refractivity contribution in [2.24, 2.45) is 5.92 Å². The quantitative estimate of drug-likeness (QED) is 0.373. The van der Waals surface area contributed by atoms with Gasteiger partial charge in [-0.1, -0.05) is 30.0 Å². The summed E-state index contributed by atoms with van der Waals surface area (Å²) in [6.07, 6.45) is 3.35. The normalized spacial score (nSPS) is 26.6. The first-order valence-electron chi connectivity index (χ1n) is 14.6. The van der Waals surface area contributed by atoms with E-state index in [-0.39, 0.29) is 47.3 Å². The van der Waals surface area contributed by atoms with Gasteiger partial charge in [0.2, 0.25) is 5.91 Å². The van der Waals surface area contributed by atoms with Crippen molar-refractivity contribution >= 4 is 35.3 Å². The van der Waals surface area contributed by atoms with Gasteiger partial charge in [-0.2, -0.15) is 0 Å². The molecule has 3 heterocycles. The number of anilines is 1. The number of amides is 4. The zero-order valence-corrected chi connectivity index (χ0v) is 25.0. The molecule has 1 saturated carbocycles. The molecule has 222 valence electrons. The molecule has 10 nitrogen and oxygen atoms in total. The third-order valence-corrected chi connectivity index (χ3v) is 9.75. The Kier molecular flexibility index (Phi) is 8.15. The maximum absolute atomic E-state index is 13.7. The molecule has 4 N–H and O–H groups in total. The second-order valence-electron chi connectivity index (χ2n) is 11.7. The molecular weight excluding hydrogens is 552 g/mol. The summed E-state index contributed by atoms with van der Waals surface area (Å²) in [5.74, 6) is 1.19. The number of hydrogen-bond acceptors (Lipinski definition) is 7. The molecule has 0 spiro atoms. The summed E-state index contributed by atoms with van der Waals surface area (Å²) in [5.41, 5.74) is 2.48. The molecule has 2 saturated heterocycles. The van der Waals surface area contributed by atoms with Crippen LogP contribution in [0.4, 0.5) is 10.5 Å². The molecule has 4 amide bonds. The minimum absolute atomic E-state index is 0.0113. The zero-order valence-electron chi connectivity index (χ0n) is 24.2. The van der Waals surface area contributed by atoms with Gasteiger partial charge in [0, 0.05) is 29.4 Å². The fourth-order valence-corrected chi connectivity index (χ4v) is 7.97. The van der Waals surface area contributed by atoms with E-state index in [1.165, 1.54) is 11.8 Å². The van der Waals surface area contributed by atoms with Crippen LogP contribution >= 0.6 is 11.8 Å². The van der Waals surface area contributed by atoms with Gasteiger partial charge in [0.15, 0.2) is 0 Å². The lowest BCUT2D eigenvalue weighted by atomic mass is 9.86. The summed E-state index contributed by atoms with van der Waals surface area (Å²) in [5, 5.41) is 12.9. The zero-order chi connectivity index (χ0) is 29.4. The van der Waals surface area contributed by atoms with Crippen LogP contribution < -0.4 is 30.9 Å². The van der Waals surface area contributed by atoms with Gasteiger partial charge in [-0.3, -0.25) is 14.5 Å². The summed E-state index contributed by atoms with van der Waals surface area (Å²) in [6, 6.07) is 14.9. The van der Waals surface area contributed by atoms with Gasteiger partial charge < -0.3 is 30.9 Å².